The monoisotopic (exact) mass is 427 g/mol. The molecule has 7 nitrogen and oxygen atoms in total. The molecule has 0 aliphatic carbocycles. The van der Waals surface area contributed by atoms with Crippen LogP contribution in [0.4, 0.5) is 0 Å². The summed E-state index contributed by atoms with van der Waals surface area (Å²) in [5.41, 5.74) is 5.19. The van der Waals surface area contributed by atoms with Gasteiger partial charge in [-0.2, -0.15) is 0 Å². The van der Waals surface area contributed by atoms with Crippen LogP contribution < -0.4 is 5.48 Å². The smallest absolute Gasteiger partial charge is 0.245 e. The van der Waals surface area contributed by atoms with Crippen LogP contribution in [0.25, 0.3) is 11.0 Å². The van der Waals surface area contributed by atoms with Crippen LogP contribution in [0.1, 0.15) is 42.6 Å². The average Bonchev–Trinajstić information content (AvgIpc) is 3.05. The topological polar surface area (TPSA) is 101 Å². The van der Waals surface area contributed by atoms with Crippen molar-refractivity contribution in [3.8, 4) is 0 Å². The van der Waals surface area contributed by atoms with E-state index in [4.69, 9.17) is 5.21 Å². The predicted molar refractivity (Wildman–Crippen MR) is 114 cm³/mol. The number of sulfone groups is 1. The Kier molecular flexibility index (Phi) is 5.38. The normalized spacial score (nSPS) is 20.9. The molecule has 30 heavy (non-hydrogen) atoms. The molecule has 4 rings (SSSR count). The van der Waals surface area contributed by atoms with E-state index in [1.807, 2.05) is 43.3 Å². The van der Waals surface area contributed by atoms with Gasteiger partial charge in [0.15, 0.2) is 9.84 Å². The van der Waals surface area contributed by atoms with Crippen molar-refractivity contribution in [3.05, 3.63) is 65.5 Å². The number of aryl methyl sites for hydroxylation is 1. The van der Waals surface area contributed by atoms with Crippen molar-refractivity contribution in [1.82, 2.24) is 15.0 Å². The van der Waals surface area contributed by atoms with Crippen molar-refractivity contribution >= 4 is 26.8 Å². The first-order valence-electron chi connectivity index (χ1n) is 10.0. The summed E-state index contributed by atoms with van der Waals surface area (Å²) in [7, 11) is -3.53. The molecule has 1 amide bonds. The molecule has 1 unspecified atom stereocenters. The van der Waals surface area contributed by atoms with E-state index in [9.17, 15) is 13.2 Å². The number of nitrogens with zero attached hydrogens (tertiary/aromatic N) is 2. The van der Waals surface area contributed by atoms with Gasteiger partial charge >= 0.3 is 0 Å². The maximum absolute atomic E-state index is 13.0. The third-order valence-corrected chi connectivity index (χ3v) is 8.68. The fraction of sp³-hybridized carbons (Fsp3) is 0.364. The summed E-state index contributed by atoms with van der Waals surface area (Å²) in [5.74, 6) is 0.268. The number of benzene rings is 2. The van der Waals surface area contributed by atoms with E-state index < -0.39 is 20.5 Å². The molecule has 0 bridgehead atoms. The lowest BCUT2D eigenvalue weighted by Crippen LogP contribution is -2.44. The number of para-hydroxylation sites is 2. The van der Waals surface area contributed by atoms with E-state index in [2.05, 4.69) is 9.55 Å². The zero-order chi connectivity index (χ0) is 21.4. The number of hydroxylamine groups is 1. The highest BCUT2D eigenvalue weighted by atomic mass is 32.2. The highest BCUT2D eigenvalue weighted by molar-refractivity contribution is 7.92. The molecule has 1 saturated heterocycles. The molecule has 2 N–H and O–H groups in total. The van der Waals surface area contributed by atoms with Crippen molar-refractivity contribution in [1.29, 1.82) is 0 Å². The van der Waals surface area contributed by atoms with Crippen LogP contribution in [-0.2, 0) is 25.9 Å². The number of rotatable bonds is 5. The second-order valence-electron chi connectivity index (χ2n) is 7.91. The van der Waals surface area contributed by atoms with Crippen LogP contribution in [-0.4, -0.2) is 34.8 Å². The predicted octanol–water partition coefficient (Wildman–Crippen LogP) is 3.08. The number of carbonyl (C=O) groups excluding carboxylic acids is 1. The lowest BCUT2D eigenvalue weighted by Gasteiger charge is -2.36. The van der Waals surface area contributed by atoms with Crippen LogP contribution in [0.15, 0.2) is 48.5 Å². The summed E-state index contributed by atoms with van der Waals surface area (Å²) in [4.78, 5) is 16.5. The van der Waals surface area contributed by atoms with E-state index in [1.165, 1.54) is 0 Å². The Morgan fingerprint density at radius 3 is 2.60 bits per heavy atom. The first-order valence-corrected chi connectivity index (χ1v) is 11.7. The molecule has 8 heteroatoms. The summed E-state index contributed by atoms with van der Waals surface area (Å²) in [5, 5.41) is 8.99. The zero-order valence-corrected chi connectivity index (χ0v) is 17.7. The molecule has 0 radical (unpaired) electrons. The minimum absolute atomic E-state index is 0.0493. The van der Waals surface area contributed by atoms with Crippen molar-refractivity contribution in [2.24, 2.45) is 0 Å². The maximum Gasteiger partial charge on any atom is 0.245 e. The van der Waals surface area contributed by atoms with Crippen molar-refractivity contribution < 1.29 is 18.4 Å². The Hall–Kier alpha value is -2.71. The van der Waals surface area contributed by atoms with Gasteiger partial charge in [0.25, 0.3) is 0 Å². The van der Waals surface area contributed by atoms with Crippen LogP contribution in [0.2, 0.25) is 0 Å². The highest BCUT2D eigenvalue weighted by Crippen LogP contribution is 2.43. The van der Waals surface area contributed by atoms with Crippen LogP contribution >= 0.6 is 0 Å². The van der Waals surface area contributed by atoms with Gasteiger partial charge in [0.05, 0.1) is 23.2 Å². The van der Waals surface area contributed by atoms with E-state index in [1.54, 1.807) is 17.6 Å². The quantitative estimate of drug-likeness (QED) is 0.481. The molecule has 1 aromatic heterocycles. The Bertz CT molecular complexity index is 1180. The molecular weight excluding hydrogens is 402 g/mol. The minimum Gasteiger partial charge on any atom is -0.324 e. The molecule has 1 fully saturated rings. The van der Waals surface area contributed by atoms with Gasteiger partial charge in [-0.05, 0) is 43.0 Å². The minimum atomic E-state index is -3.53. The summed E-state index contributed by atoms with van der Waals surface area (Å²) >= 11 is 0. The van der Waals surface area contributed by atoms with Crippen LogP contribution in [0.3, 0.4) is 0 Å². The lowest BCUT2D eigenvalue weighted by atomic mass is 9.88. The summed E-state index contributed by atoms with van der Waals surface area (Å²) in [6, 6.07) is 15.4. The van der Waals surface area contributed by atoms with E-state index in [0.29, 0.717) is 24.9 Å². The highest BCUT2D eigenvalue weighted by Gasteiger charge is 2.48. The lowest BCUT2D eigenvalue weighted by molar-refractivity contribution is -0.130. The molecule has 0 spiro atoms. The van der Waals surface area contributed by atoms with E-state index in [0.717, 1.165) is 28.8 Å². The van der Waals surface area contributed by atoms with Crippen LogP contribution in [0.5, 0.6) is 0 Å². The second-order valence-corrected chi connectivity index (χ2v) is 10.3. The number of aromatic nitrogens is 2. The molecule has 3 aromatic rings. The number of carbonyl (C=O) groups is 1. The van der Waals surface area contributed by atoms with Gasteiger partial charge in [-0.25, -0.2) is 18.9 Å². The Balaban J connectivity index is 1.68. The number of hydrogen-bond acceptors (Lipinski definition) is 5. The molecular formula is C22H25N3O4S. The molecule has 0 saturated carbocycles. The van der Waals surface area contributed by atoms with Crippen molar-refractivity contribution in [2.75, 3.05) is 5.75 Å². The Morgan fingerprint density at radius 2 is 1.90 bits per heavy atom. The molecule has 1 aliphatic rings. The largest absolute Gasteiger partial charge is 0.324 e. The van der Waals surface area contributed by atoms with Gasteiger partial charge in [0.1, 0.15) is 10.6 Å². The first kappa shape index (κ1) is 20.6. The first-order chi connectivity index (χ1) is 14.4. The molecule has 1 aliphatic heterocycles. The maximum atomic E-state index is 13.0. The van der Waals surface area contributed by atoms with Gasteiger partial charge in [-0.3, -0.25) is 10.0 Å². The zero-order valence-electron chi connectivity index (χ0n) is 16.8. The fourth-order valence-corrected chi connectivity index (χ4v) is 6.75. The number of fused-ring (bicyclic) bond motifs is 1. The second kappa shape index (κ2) is 7.85. The number of amides is 1. The third-order valence-electron chi connectivity index (χ3n) is 6.08. The Morgan fingerprint density at radius 1 is 1.17 bits per heavy atom. The van der Waals surface area contributed by atoms with Gasteiger partial charge in [0.2, 0.25) is 5.91 Å². The Labute approximate surface area is 175 Å². The SMILES string of the molecule is Cc1nc2ccccc2n1Cc1ccc(C2(CC(=O)NO)CCCCS2(=O)=O)cc1. The third kappa shape index (κ3) is 3.50. The van der Waals surface area contributed by atoms with Crippen molar-refractivity contribution in [3.63, 3.8) is 0 Å². The summed E-state index contributed by atoms with van der Waals surface area (Å²) in [6.07, 6.45) is 1.40. The van der Waals surface area contributed by atoms with Gasteiger partial charge in [0, 0.05) is 6.54 Å². The van der Waals surface area contributed by atoms with Gasteiger partial charge in [-0.15, -0.1) is 0 Å². The summed E-state index contributed by atoms with van der Waals surface area (Å²) in [6.45, 7) is 2.58. The molecule has 1 atom stereocenters. The van der Waals surface area contributed by atoms with Crippen LogP contribution in [0, 0.1) is 6.92 Å². The van der Waals surface area contributed by atoms with Crippen molar-refractivity contribution in [2.45, 2.75) is 43.9 Å². The summed E-state index contributed by atoms with van der Waals surface area (Å²) < 4.78 is 26.9. The molecule has 2 aromatic carbocycles. The van der Waals surface area contributed by atoms with Gasteiger partial charge < -0.3 is 4.57 Å². The number of hydrogen-bond donors (Lipinski definition) is 2. The standard InChI is InChI=1S/C22H25N3O4S/c1-16-23-19-6-2-3-7-20(19)25(16)15-17-8-10-18(11-9-17)22(14-21(26)24-27)12-4-5-13-30(22,28)29/h2-3,6-11,27H,4-5,12-15H2,1H3,(H,24,26). The molecule has 2 heterocycles. The molecule has 158 valence electrons. The number of nitrogens with one attached hydrogen (secondary N) is 1. The average molecular weight is 428 g/mol. The van der Waals surface area contributed by atoms with Gasteiger partial charge in [-0.1, -0.05) is 42.8 Å². The van der Waals surface area contributed by atoms with E-state index >= 15 is 0 Å². The number of imidazole rings is 1. The van der Waals surface area contributed by atoms with E-state index in [-0.39, 0.29) is 12.2 Å². The fourth-order valence-electron chi connectivity index (χ4n) is 4.47.